The number of hydrogen-bond acceptors (Lipinski definition) is 3. The Bertz CT molecular complexity index is 721. The Morgan fingerprint density at radius 2 is 2.04 bits per heavy atom. The van der Waals surface area contributed by atoms with Gasteiger partial charge in [0, 0.05) is 44.6 Å². The van der Waals surface area contributed by atoms with Crippen LogP contribution in [0.1, 0.15) is 24.8 Å². The SMILES string of the molecule is O=C(C1CCC1)N1C[C@@H]2CN(CCc3cccc(F)c3)C[C@]2(C(=O)O)C1. The topological polar surface area (TPSA) is 60.9 Å². The molecule has 0 radical (unpaired) electrons. The lowest BCUT2D eigenvalue weighted by Gasteiger charge is -2.31. The summed E-state index contributed by atoms with van der Waals surface area (Å²) in [5, 5.41) is 9.91. The van der Waals surface area contributed by atoms with Crippen LogP contribution in [0.2, 0.25) is 0 Å². The first-order valence-corrected chi connectivity index (χ1v) is 9.47. The maximum absolute atomic E-state index is 13.3. The quantitative estimate of drug-likeness (QED) is 0.873. The average molecular weight is 360 g/mol. The van der Waals surface area contributed by atoms with Crippen LogP contribution in [-0.4, -0.2) is 59.5 Å². The number of fused-ring (bicyclic) bond motifs is 1. The molecule has 1 N–H and O–H groups in total. The van der Waals surface area contributed by atoms with Gasteiger partial charge in [-0.25, -0.2) is 4.39 Å². The normalized spacial score (nSPS) is 28.8. The van der Waals surface area contributed by atoms with Gasteiger partial charge in [0.2, 0.25) is 5.91 Å². The standard InChI is InChI=1S/C20H25FN2O3/c21-17-6-1-3-14(9-17)7-8-22-10-16-11-23(18(24)15-4-2-5-15)13-20(16,12-22)19(25)26/h1,3,6,9,15-16H,2,4-5,7-8,10-13H2,(H,25,26)/t16-,20-/m0/s1. The lowest BCUT2D eigenvalue weighted by Crippen LogP contribution is -2.44. The fourth-order valence-electron chi connectivity index (χ4n) is 4.70. The van der Waals surface area contributed by atoms with E-state index in [0.717, 1.165) is 24.8 Å². The highest BCUT2D eigenvalue weighted by atomic mass is 19.1. The van der Waals surface area contributed by atoms with Crippen molar-refractivity contribution in [2.24, 2.45) is 17.3 Å². The van der Waals surface area contributed by atoms with Crippen LogP contribution in [0.15, 0.2) is 24.3 Å². The minimum Gasteiger partial charge on any atom is -0.481 e. The third-order valence-electron chi connectivity index (χ3n) is 6.48. The molecule has 4 rings (SSSR count). The minimum absolute atomic E-state index is 0.0171. The van der Waals surface area contributed by atoms with E-state index < -0.39 is 11.4 Å². The van der Waals surface area contributed by atoms with Crippen molar-refractivity contribution in [1.29, 1.82) is 0 Å². The van der Waals surface area contributed by atoms with Gasteiger partial charge < -0.3 is 14.9 Å². The number of nitrogens with zero attached hydrogens (tertiary/aromatic N) is 2. The van der Waals surface area contributed by atoms with Gasteiger partial charge in [-0.1, -0.05) is 18.6 Å². The van der Waals surface area contributed by atoms with Gasteiger partial charge in [-0.15, -0.1) is 0 Å². The summed E-state index contributed by atoms with van der Waals surface area (Å²) in [6.45, 7) is 2.76. The number of carboxylic acid groups (broad SMARTS) is 1. The number of carbonyl (C=O) groups is 2. The van der Waals surface area contributed by atoms with E-state index in [9.17, 15) is 19.1 Å². The average Bonchev–Trinajstić information content (AvgIpc) is 3.06. The molecule has 2 heterocycles. The molecule has 26 heavy (non-hydrogen) atoms. The zero-order chi connectivity index (χ0) is 18.3. The van der Waals surface area contributed by atoms with Crippen molar-refractivity contribution in [2.75, 3.05) is 32.7 Å². The number of halogens is 1. The van der Waals surface area contributed by atoms with Crippen molar-refractivity contribution in [2.45, 2.75) is 25.7 Å². The number of likely N-dealkylation sites (tertiary alicyclic amines) is 2. The van der Waals surface area contributed by atoms with Crippen LogP contribution in [0.5, 0.6) is 0 Å². The lowest BCUT2D eigenvalue weighted by molar-refractivity contribution is -0.149. The van der Waals surface area contributed by atoms with E-state index >= 15 is 0 Å². The molecule has 140 valence electrons. The number of rotatable bonds is 5. The minimum atomic E-state index is -0.846. The van der Waals surface area contributed by atoms with Crippen molar-refractivity contribution in [3.8, 4) is 0 Å². The van der Waals surface area contributed by atoms with Gasteiger partial charge in [0.1, 0.15) is 11.2 Å². The molecule has 1 saturated carbocycles. The molecule has 0 bridgehead atoms. The summed E-state index contributed by atoms with van der Waals surface area (Å²) in [6, 6.07) is 6.55. The van der Waals surface area contributed by atoms with Crippen molar-refractivity contribution in [3.05, 3.63) is 35.6 Å². The van der Waals surface area contributed by atoms with Gasteiger partial charge in [0.25, 0.3) is 0 Å². The molecular weight excluding hydrogens is 335 g/mol. The molecule has 1 aromatic rings. The first-order valence-electron chi connectivity index (χ1n) is 9.47. The number of carboxylic acids is 1. The summed E-state index contributed by atoms with van der Waals surface area (Å²) >= 11 is 0. The van der Waals surface area contributed by atoms with Gasteiger partial charge in [0.15, 0.2) is 0 Å². The largest absolute Gasteiger partial charge is 0.481 e. The predicted octanol–water partition coefficient (Wildman–Crippen LogP) is 2.01. The fraction of sp³-hybridized carbons (Fsp3) is 0.600. The zero-order valence-electron chi connectivity index (χ0n) is 14.9. The maximum Gasteiger partial charge on any atom is 0.313 e. The Morgan fingerprint density at radius 3 is 2.65 bits per heavy atom. The Kier molecular flexibility index (Phi) is 4.47. The number of aliphatic carboxylic acids is 1. The van der Waals surface area contributed by atoms with E-state index in [2.05, 4.69) is 4.90 Å². The van der Waals surface area contributed by atoms with E-state index in [4.69, 9.17) is 0 Å². The van der Waals surface area contributed by atoms with Crippen LogP contribution in [0.4, 0.5) is 4.39 Å². The molecule has 1 aromatic carbocycles. The predicted molar refractivity (Wildman–Crippen MR) is 94.0 cm³/mol. The monoisotopic (exact) mass is 360 g/mol. The molecule has 3 aliphatic rings. The summed E-state index contributed by atoms with van der Waals surface area (Å²) in [7, 11) is 0. The molecule has 2 atom stereocenters. The number of benzene rings is 1. The highest BCUT2D eigenvalue weighted by molar-refractivity contribution is 5.83. The van der Waals surface area contributed by atoms with E-state index in [0.29, 0.717) is 39.1 Å². The van der Waals surface area contributed by atoms with Crippen LogP contribution >= 0.6 is 0 Å². The number of hydrogen-bond donors (Lipinski definition) is 1. The Labute approximate surface area is 152 Å². The summed E-state index contributed by atoms with van der Waals surface area (Å²) < 4.78 is 13.3. The van der Waals surface area contributed by atoms with Gasteiger partial charge in [-0.3, -0.25) is 9.59 Å². The fourth-order valence-corrected chi connectivity index (χ4v) is 4.70. The molecule has 0 aromatic heterocycles. The summed E-state index contributed by atoms with van der Waals surface area (Å²) in [5.74, 6) is -0.787. The van der Waals surface area contributed by atoms with E-state index in [1.807, 2.05) is 6.07 Å². The molecule has 6 heteroatoms. The first-order chi connectivity index (χ1) is 12.5. The van der Waals surface area contributed by atoms with Crippen molar-refractivity contribution in [3.63, 3.8) is 0 Å². The smallest absolute Gasteiger partial charge is 0.313 e. The summed E-state index contributed by atoms with van der Waals surface area (Å²) in [6.07, 6.45) is 3.69. The second-order valence-electron chi connectivity index (χ2n) is 8.12. The third kappa shape index (κ3) is 3.00. The second kappa shape index (κ2) is 6.65. The number of carbonyl (C=O) groups excluding carboxylic acids is 1. The molecule has 5 nitrogen and oxygen atoms in total. The summed E-state index contributed by atoms with van der Waals surface area (Å²) in [4.78, 5) is 28.6. The summed E-state index contributed by atoms with van der Waals surface area (Å²) in [5.41, 5.74) is 0.0784. The van der Waals surface area contributed by atoms with Crippen LogP contribution < -0.4 is 0 Å². The van der Waals surface area contributed by atoms with Crippen molar-refractivity contribution < 1.29 is 19.1 Å². The van der Waals surface area contributed by atoms with Gasteiger partial charge in [-0.05, 0) is 37.0 Å². The second-order valence-corrected chi connectivity index (χ2v) is 8.12. The molecule has 0 unspecified atom stereocenters. The van der Waals surface area contributed by atoms with E-state index in [1.165, 1.54) is 12.1 Å². The zero-order valence-corrected chi connectivity index (χ0v) is 14.9. The highest BCUT2D eigenvalue weighted by Crippen LogP contribution is 2.44. The molecular formula is C20H25FN2O3. The molecule has 0 spiro atoms. The van der Waals surface area contributed by atoms with Crippen molar-refractivity contribution in [1.82, 2.24) is 9.80 Å². The third-order valence-corrected chi connectivity index (χ3v) is 6.48. The van der Waals surface area contributed by atoms with Crippen LogP contribution in [0.3, 0.4) is 0 Å². The van der Waals surface area contributed by atoms with Crippen LogP contribution in [0.25, 0.3) is 0 Å². The lowest BCUT2D eigenvalue weighted by atomic mass is 9.81. The van der Waals surface area contributed by atoms with Crippen LogP contribution in [-0.2, 0) is 16.0 Å². The maximum atomic E-state index is 13.3. The first kappa shape index (κ1) is 17.5. The molecule has 1 amide bonds. The van der Waals surface area contributed by atoms with Gasteiger partial charge in [0.05, 0.1) is 0 Å². The van der Waals surface area contributed by atoms with E-state index in [1.54, 1.807) is 11.0 Å². The van der Waals surface area contributed by atoms with E-state index in [-0.39, 0.29) is 23.6 Å². The Hall–Kier alpha value is -1.95. The van der Waals surface area contributed by atoms with Gasteiger partial charge in [-0.2, -0.15) is 0 Å². The highest BCUT2D eigenvalue weighted by Gasteiger charge is 2.58. The Morgan fingerprint density at radius 1 is 1.23 bits per heavy atom. The molecule has 1 aliphatic carbocycles. The molecule has 2 aliphatic heterocycles. The Balaban J connectivity index is 1.40. The van der Waals surface area contributed by atoms with Gasteiger partial charge >= 0.3 is 5.97 Å². The van der Waals surface area contributed by atoms with Crippen LogP contribution in [0, 0.1) is 23.1 Å². The molecule has 2 saturated heterocycles. The number of amides is 1. The molecule has 3 fully saturated rings. The van der Waals surface area contributed by atoms with Crippen molar-refractivity contribution >= 4 is 11.9 Å².